The zero-order valence-corrected chi connectivity index (χ0v) is 13.1. The first kappa shape index (κ1) is 18.3. The largest absolute Gasteiger partial charge is 0.293 e. The van der Waals surface area contributed by atoms with Crippen LogP contribution in [0.25, 0.3) is 11.1 Å². The number of nitrogens with zero attached hydrogens (tertiary/aromatic N) is 5. The topological polar surface area (TPSA) is 177 Å². The number of hydrogen-bond acceptors (Lipinski definition) is 8. The average Bonchev–Trinajstić information content (AvgIpc) is 2.59. The Labute approximate surface area is 148 Å². The Kier molecular flexibility index (Phi) is 4.77. The molecule has 1 radical (unpaired) electrons. The van der Waals surface area contributed by atoms with Gasteiger partial charge in [0.25, 0.3) is 17.1 Å². The number of halogens is 1. The lowest BCUT2D eigenvalue weighted by Gasteiger charge is -2.09. The molecule has 2 rings (SSSR count). The van der Waals surface area contributed by atoms with Gasteiger partial charge >= 0.3 is 0 Å². The second-order valence-electron chi connectivity index (χ2n) is 4.64. The minimum atomic E-state index is -1.02. The molecule has 0 fully saturated rings. The van der Waals surface area contributed by atoms with Gasteiger partial charge in [-0.2, -0.15) is 10.5 Å². The third kappa shape index (κ3) is 3.10. The number of non-ortho nitro benzene ring substituents is 1. The second-order valence-corrected chi connectivity index (χ2v) is 5.04. The summed E-state index contributed by atoms with van der Waals surface area (Å²) in [6.45, 7) is 0. The molecule has 0 aliphatic heterocycles. The zero-order chi connectivity index (χ0) is 19.6. The van der Waals surface area contributed by atoms with Gasteiger partial charge < -0.3 is 0 Å². The fraction of sp³-hybridized carbons (Fsp3) is 0. The average molecular weight is 373 g/mol. The van der Waals surface area contributed by atoms with E-state index in [-0.39, 0.29) is 0 Å². The highest BCUT2D eigenvalue weighted by Gasteiger charge is 2.33. The van der Waals surface area contributed by atoms with Crippen molar-refractivity contribution in [2.24, 2.45) is 0 Å². The molecule has 11 nitrogen and oxygen atoms in total. The lowest BCUT2D eigenvalue weighted by molar-refractivity contribution is -0.392. The first-order chi connectivity index (χ1) is 12.2. The molecule has 0 spiro atoms. The summed E-state index contributed by atoms with van der Waals surface area (Å²) in [7, 11) is 0. The molecular weight excluding hydrogens is 370 g/mol. The van der Waals surface area contributed by atoms with Crippen molar-refractivity contribution >= 4 is 28.7 Å². The fourth-order valence-corrected chi connectivity index (χ4v) is 2.42. The molecule has 0 saturated carbocycles. The maximum absolute atomic E-state index is 11.3. The van der Waals surface area contributed by atoms with Gasteiger partial charge in [-0.15, -0.1) is 0 Å². The predicted molar refractivity (Wildman–Crippen MR) is 85.1 cm³/mol. The highest BCUT2D eigenvalue weighted by atomic mass is 35.5. The lowest BCUT2D eigenvalue weighted by Crippen LogP contribution is -2.02. The summed E-state index contributed by atoms with van der Waals surface area (Å²) in [5.74, 6) is 0. The Morgan fingerprint density at radius 2 is 1.42 bits per heavy atom. The Morgan fingerprint density at radius 1 is 0.885 bits per heavy atom. The minimum Gasteiger partial charge on any atom is -0.258 e. The number of benzene rings is 2. The molecule has 12 heteroatoms. The minimum absolute atomic E-state index is 0.425. The van der Waals surface area contributed by atoms with Crippen molar-refractivity contribution in [2.75, 3.05) is 0 Å². The molecule has 0 aliphatic carbocycles. The van der Waals surface area contributed by atoms with Gasteiger partial charge in [0, 0.05) is 23.8 Å². The maximum Gasteiger partial charge on any atom is 0.293 e. The van der Waals surface area contributed by atoms with E-state index in [9.17, 15) is 40.9 Å². The highest BCUT2D eigenvalue weighted by Crippen LogP contribution is 2.43. The summed E-state index contributed by atoms with van der Waals surface area (Å²) < 4.78 is 0. The van der Waals surface area contributed by atoms with Crippen LogP contribution in [-0.4, -0.2) is 14.8 Å². The zero-order valence-electron chi connectivity index (χ0n) is 12.3. The van der Waals surface area contributed by atoms with Gasteiger partial charge in [0.2, 0.25) is 0 Å². The van der Waals surface area contributed by atoms with Crippen molar-refractivity contribution in [3.8, 4) is 23.3 Å². The molecule has 0 unspecified atom stereocenters. The van der Waals surface area contributed by atoms with Gasteiger partial charge in [-0.05, 0) is 0 Å². The fourth-order valence-electron chi connectivity index (χ4n) is 2.23. The van der Waals surface area contributed by atoms with E-state index in [0.29, 0.717) is 0 Å². The number of hydrogen-bond donors (Lipinski definition) is 0. The summed E-state index contributed by atoms with van der Waals surface area (Å²) in [6, 6.07) is 7.54. The van der Waals surface area contributed by atoms with Crippen LogP contribution >= 0.6 is 11.6 Å². The van der Waals surface area contributed by atoms with Gasteiger partial charge in [-0.3, -0.25) is 30.3 Å². The lowest BCUT2D eigenvalue weighted by atomic mass is 9.92. The monoisotopic (exact) mass is 372 g/mol. The highest BCUT2D eigenvalue weighted by molar-refractivity contribution is 6.31. The van der Waals surface area contributed by atoms with Crippen LogP contribution in [0.1, 0.15) is 11.1 Å². The maximum atomic E-state index is 11.3. The quantitative estimate of drug-likeness (QED) is 0.579. The number of nitriles is 2. The van der Waals surface area contributed by atoms with E-state index in [1.165, 1.54) is 0 Å². The molecule has 26 heavy (non-hydrogen) atoms. The summed E-state index contributed by atoms with van der Waals surface area (Å²) in [6.07, 6.45) is 0. The van der Waals surface area contributed by atoms with Gasteiger partial charge in [0.1, 0.15) is 17.7 Å². The molecule has 0 saturated heterocycles. The Bertz CT molecular complexity index is 998. The van der Waals surface area contributed by atoms with Crippen LogP contribution < -0.4 is 0 Å². The van der Waals surface area contributed by atoms with E-state index in [4.69, 9.17) is 11.6 Å². The number of rotatable bonds is 4. The van der Waals surface area contributed by atoms with Crippen molar-refractivity contribution in [3.63, 3.8) is 0 Å². The Hall–Kier alpha value is -4.09. The Morgan fingerprint density at radius 3 is 1.81 bits per heavy atom. The van der Waals surface area contributed by atoms with E-state index in [2.05, 4.69) is 6.07 Å². The second kappa shape index (κ2) is 6.80. The van der Waals surface area contributed by atoms with E-state index >= 15 is 0 Å². The van der Waals surface area contributed by atoms with E-state index in [1.807, 2.05) is 0 Å². The first-order valence-corrected chi connectivity index (χ1v) is 6.76. The van der Waals surface area contributed by atoms with E-state index < -0.39 is 59.1 Å². The van der Waals surface area contributed by atoms with Crippen molar-refractivity contribution in [1.82, 2.24) is 0 Å². The summed E-state index contributed by atoms with van der Waals surface area (Å²) in [5, 5.41) is 51.7. The predicted octanol–water partition coefficient (Wildman–Crippen LogP) is 3.28. The molecule has 0 N–H and O–H groups in total. The molecule has 0 bridgehead atoms. The number of nitro benzene ring substituents is 3. The van der Waals surface area contributed by atoms with Gasteiger partial charge in [0.05, 0.1) is 37.0 Å². The number of nitro groups is 3. The molecule has 0 atom stereocenters. The summed E-state index contributed by atoms with van der Waals surface area (Å²) in [5.41, 5.74) is -4.60. The van der Waals surface area contributed by atoms with Crippen molar-refractivity contribution < 1.29 is 14.8 Å². The third-order valence-electron chi connectivity index (χ3n) is 3.20. The van der Waals surface area contributed by atoms with Crippen LogP contribution in [0, 0.1) is 59.1 Å². The molecular formula is C14H3ClN5O6. The standard InChI is InChI=1S/C14H3ClN5O6/c15-9-3-11(19(23)24)14(12(4-9)20(25)26)13-7(5-16)1-10(18(21)22)2-8(13)6-17/h1-3H. The molecule has 0 amide bonds. The van der Waals surface area contributed by atoms with Crippen molar-refractivity contribution in [2.45, 2.75) is 0 Å². The molecule has 2 aromatic rings. The van der Waals surface area contributed by atoms with Crippen molar-refractivity contribution in [3.05, 3.63) is 70.8 Å². The molecule has 2 aromatic carbocycles. The summed E-state index contributed by atoms with van der Waals surface area (Å²) in [4.78, 5) is 30.7. The SMILES string of the molecule is N#Cc1cc([N+](=O)[O-])cc(C#N)c1-c1c([N+](=O)[O-])[c]c(Cl)cc1[N+](=O)[O-]. The van der Waals surface area contributed by atoms with Crippen molar-refractivity contribution in [1.29, 1.82) is 10.5 Å². The normalized spacial score (nSPS) is 9.81. The molecule has 0 aliphatic rings. The van der Waals surface area contributed by atoms with Crippen LogP contribution in [0.2, 0.25) is 5.02 Å². The van der Waals surface area contributed by atoms with Gasteiger partial charge in [-0.25, -0.2) is 0 Å². The van der Waals surface area contributed by atoms with E-state index in [1.54, 1.807) is 12.1 Å². The van der Waals surface area contributed by atoms with Gasteiger partial charge in [0.15, 0.2) is 0 Å². The first-order valence-electron chi connectivity index (χ1n) is 6.38. The van der Waals surface area contributed by atoms with Crippen LogP contribution in [0.5, 0.6) is 0 Å². The van der Waals surface area contributed by atoms with Crippen LogP contribution in [-0.2, 0) is 0 Å². The van der Waals surface area contributed by atoms with Crippen LogP contribution in [0.15, 0.2) is 18.2 Å². The van der Waals surface area contributed by atoms with Gasteiger partial charge in [-0.1, -0.05) is 11.6 Å². The smallest absolute Gasteiger partial charge is 0.258 e. The third-order valence-corrected chi connectivity index (χ3v) is 3.40. The molecule has 0 aromatic heterocycles. The Balaban J connectivity index is 3.09. The van der Waals surface area contributed by atoms with Crippen LogP contribution in [0.3, 0.4) is 0 Å². The van der Waals surface area contributed by atoms with E-state index in [0.717, 1.165) is 18.2 Å². The molecule has 127 valence electrons. The van der Waals surface area contributed by atoms with Crippen LogP contribution in [0.4, 0.5) is 17.1 Å². The molecule has 0 heterocycles. The summed E-state index contributed by atoms with van der Waals surface area (Å²) >= 11 is 5.63.